The number of hydrogen-bond donors (Lipinski definition) is 3. The molecule has 0 aliphatic heterocycles. The Morgan fingerprint density at radius 1 is 0.956 bits per heavy atom. The van der Waals surface area contributed by atoms with Gasteiger partial charge >= 0.3 is 12.1 Å². The Morgan fingerprint density at radius 3 is 2.38 bits per heavy atom. The van der Waals surface area contributed by atoms with Crippen molar-refractivity contribution in [1.29, 1.82) is 0 Å². The van der Waals surface area contributed by atoms with Crippen molar-refractivity contribution in [2.75, 3.05) is 23.8 Å². The number of aromatic nitrogens is 4. The number of rotatable bonds is 13. The molecule has 1 atom stereocenters. The Kier molecular flexibility index (Phi) is 11.7. The maximum Gasteiger partial charge on any atom is 0.411 e. The molecule has 13 nitrogen and oxygen atoms in total. The largest absolute Gasteiger partial charge is 0.466 e. The summed E-state index contributed by atoms with van der Waals surface area (Å²) in [5, 5.41) is 19.7. The number of halogens is 1. The van der Waals surface area contributed by atoms with E-state index >= 15 is 0 Å². The first-order valence-corrected chi connectivity index (χ1v) is 14.2. The topological polar surface area (TPSA) is 166 Å². The zero-order valence-corrected chi connectivity index (χ0v) is 24.9. The van der Waals surface area contributed by atoms with Gasteiger partial charge in [-0.25, -0.2) is 4.79 Å². The number of nitrogens with zero attached hydrogens (tertiary/aromatic N) is 4. The number of esters is 1. The molecular weight excluding hydrogens is 602 g/mol. The molecule has 0 radical (unpaired) electrons. The summed E-state index contributed by atoms with van der Waals surface area (Å²) in [5.74, 6) is -1.41. The normalized spacial score (nSPS) is 11.4. The highest BCUT2D eigenvalue weighted by atomic mass is 35.5. The van der Waals surface area contributed by atoms with Crippen LogP contribution in [-0.4, -0.2) is 63.3 Å². The number of nitrogens with one attached hydrogen (secondary N) is 3. The molecule has 3 aromatic carbocycles. The number of benzene rings is 3. The molecular formula is C31H30ClN7O6. The summed E-state index contributed by atoms with van der Waals surface area (Å²) in [4.78, 5) is 49.7. The lowest BCUT2D eigenvalue weighted by atomic mass is 10.0. The second-order valence-corrected chi connectivity index (χ2v) is 9.86. The standard InChI is InChI=1S/C31H30ClN7O6/c1-2-44-29(41)16-17-45-31(43)35-25-12-10-24(11-13-25)34-30(42)26(18-21-6-4-3-5-7-21)36-28(40)15-8-22-19-23(32)9-14-27(22)39-20-33-37-38-39/h3-15,19-20,26H,2,16-18H2,1H3,(H,34,42)(H,35,43)(H,36,40)/b15-8+. The van der Waals surface area contributed by atoms with Crippen molar-refractivity contribution in [3.8, 4) is 5.69 Å². The molecule has 1 heterocycles. The van der Waals surface area contributed by atoms with Crippen LogP contribution in [0.25, 0.3) is 11.8 Å². The zero-order valence-electron chi connectivity index (χ0n) is 24.2. The number of tetrazole rings is 1. The van der Waals surface area contributed by atoms with Crippen molar-refractivity contribution in [3.63, 3.8) is 0 Å². The summed E-state index contributed by atoms with van der Waals surface area (Å²) < 4.78 is 11.2. The van der Waals surface area contributed by atoms with E-state index in [1.165, 1.54) is 17.1 Å². The van der Waals surface area contributed by atoms with Gasteiger partial charge in [-0.3, -0.25) is 19.7 Å². The van der Waals surface area contributed by atoms with E-state index < -0.39 is 29.9 Å². The fraction of sp³-hybridized carbons (Fsp3) is 0.194. The number of ether oxygens (including phenoxy) is 2. The van der Waals surface area contributed by atoms with Crippen LogP contribution in [0.15, 0.2) is 85.2 Å². The molecule has 0 spiro atoms. The van der Waals surface area contributed by atoms with E-state index in [9.17, 15) is 19.2 Å². The van der Waals surface area contributed by atoms with E-state index in [0.717, 1.165) is 5.56 Å². The molecule has 1 unspecified atom stereocenters. The molecule has 0 fully saturated rings. The Labute approximate surface area is 263 Å². The van der Waals surface area contributed by atoms with Crippen LogP contribution in [0.5, 0.6) is 0 Å². The highest BCUT2D eigenvalue weighted by molar-refractivity contribution is 6.30. The Balaban J connectivity index is 1.39. The lowest BCUT2D eigenvalue weighted by Crippen LogP contribution is -2.44. The summed E-state index contributed by atoms with van der Waals surface area (Å²) in [6.45, 7) is 1.81. The van der Waals surface area contributed by atoms with Gasteiger partial charge in [0.05, 0.1) is 18.7 Å². The van der Waals surface area contributed by atoms with E-state index in [4.69, 9.17) is 21.1 Å². The molecule has 1 aromatic heterocycles. The average molecular weight is 632 g/mol. The van der Waals surface area contributed by atoms with E-state index in [2.05, 4.69) is 31.5 Å². The lowest BCUT2D eigenvalue weighted by molar-refractivity contribution is -0.143. The van der Waals surface area contributed by atoms with E-state index in [1.807, 2.05) is 30.3 Å². The van der Waals surface area contributed by atoms with Crippen molar-refractivity contribution in [1.82, 2.24) is 25.5 Å². The first-order chi connectivity index (χ1) is 21.8. The molecule has 232 valence electrons. The van der Waals surface area contributed by atoms with Crippen molar-refractivity contribution in [2.45, 2.75) is 25.8 Å². The number of anilines is 2. The van der Waals surface area contributed by atoms with Crippen LogP contribution < -0.4 is 16.0 Å². The van der Waals surface area contributed by atoms with Gasteiger partial charge in [-0.05, 0) is 71.5 Å². The summed E-state index contributed by atoms with van der Waals surface area (Å²) in [6.07, 6.45) is 3.73. The van der Waals surface area contributed by atoms with Gasteiger partial charge in [0.15, 0.2) is 0 Å². The third-order valence-electron chi connectivity index (χ3n) is 6.16. The molecule has 3 amide bonds. The van der Waals surface area contributed by atoms with Gasteiger partial charge in [-0.15, -0.1) is 5.10 Å². The summed E-state index contributed by atoms with van der Waals surface area (Å²) in [7, 11) is 0. The van der Waals surface area contributed by atoms with Crippen molar-refractivity contribution in [2.24, 2.45) is 0 Å². The fourth-order valence-electron chi connectivity index (χ4n) is 4.06. The monoisotopic (exact) mass is 631 g/mol. The van der Waals surface area contributed by atoms with E-state index in [1.54, 1.807) is 55.5 Å². The van der Waals surface area contributed by atoms with Gasteiger partial charge in [0.25, 0.3) is 0 Å². The predicted octanol–water partition coefficient (Wildman–Crippen LogP) is 4.20. The van der Waals surface area contributed by atoms with Crippen LogP contribution in [0.3, 0.4) is 0 Å². The van der Waals surface area contributed by atoms with Crippen LogP contribution in [-0.2, 0) is 30.3 Å². The minimum Gasteiger partial charge on any atom is -0.466 e. The molecule has 4 aromatic rings. The molecule has 0 aliphatic rings. The van der Waals surface area contributed by atoms with Crippen LogP contribution in [0, 0.1) is 0 Å². The Hall–Kier alpha value is -5.56. The number of hydrogen-bond acceptors (Lipinski definition) is 9. The summed E-state index contributed by atoms with van der Waals surface area (Å²) in [6, 6.07) is 19.7. The van der Waals surface area contributed by atoms with Gasteiger partial charge < -0.3 is 20.1 Å². The SMILES string of the molecule is CCOC(=O)CCOC(=O)Nc1ccc(NC(=O)C(Cc2ccccc2)NC(=O)/C=C/c2cc(Cl)ccc2-n2cnnn2)cc1. The highest BCUT2D eigenvalue weighted by Crippen LogP contribution is 2.20. The molecule has 0 saturated heterocycles. The van der Waals surface area contributed by atoms with Crippen LogP contribution in [0.2, 0.25) is 5.02 Å². The quantitative estimate of drug-likeness (QED) is 0.145. The minimum atomic E-state index is -0.921. The molecule has 45 heavy (non-hydrogen) atoms. The third-order valence-corrected chi connectivity index (χ3v) is 6.39. The Morgan fingerprint density at radius 2 is 1.69 bits per heavy atom. The van der Waals surface area contributed by atoms with Crippen LogP contribution in [0.4, 0.5) is 16.2 Å². The fourth-order valence-corrected chi connectivity index (χ4v) is 4.24. The molecule has 0 aliphatic carbocycles. The number of carbonyl (C=O) groups excluding carboxylic acids is 4. The van der Waals surface area contributed by atoms with E-state index in [0.29, 0.717) is 27.6 Å². The third kappa shape index (κ3) is 10.3. The van der Waals surface area contributed by atoms with Crippen molar-refractivity contribution >= 4 is 52.9 Å². The lowest BCUT2D eigenvalue weighted by Gasteiger charge is -2.18. The molecule has 14 heteroatoms. The summed E-state index contributed by atoms with van der Waals surface area (Å²) in [5.41, 5.74) is 2.89. The van der Waals surface area contributed by atoms with Crippen molar-refractivity contribution < 1.29 is 28.7 Å². The predicted molar refractivity (Wildman–Crippen MR) is 167 cm³/mol. The molecule has 0 bridgehead atoms. The Bertz CT molecular complexity index is 1630. The van der Waals surface area contributed by atoms with Gasteiger partial charge in [0, 0.05) is 34.5 Å². The number of carbonyl (C=O) groups is 4. The summed E-state index contributed by atoms with van der Waals surface area (Å²) >= 11 is 6.17. The van der Waals surface area contributed by atoms with Gasteiger partial charge in [-0.1, -0.05) is 41.9 Å². The van der Waals surface area contributed by atoms with Crippen molar-refractivity contribution in [3.05, 3.63) is 101 Å². The van der Waals surface area contributed by atoms with Gasteiger partial charge in [0.1, 0.15) is 19.0 Å². The van der Waals surface area contributed by atoms with Crippen LogP contribution >= 0.6 is 11.6 Å². The number of amides is 3. The van der Waals surface area contributed by atoms with Gasteiger partial charge in [0.2, 0.25) is 11.8 Å². The highest BCUT2D eigenvalue weighted by Gasteiger charge is 2.21. The molecule has 3 N–H and O–H groups in total. The minimum absolute atomic E-state index is 0.0505. The van der Waals surface area contributed by atoms with E-state index in [-0.39, 0.29) is 26.1 Å². The van der Waals surface area contributed by atoms with Crippen LogP contribution in [0.1, 0.15) is 24.5 Å². The maximum atomic E-state index is 13.3. The first-order valence-electron chi connectivity index (χ1n) is 13.9. The smallest absolute Gasteiger partial charge is 0.411 e. The van der Waals surface area contributed by atoms with Gasteiger partial charge in [-0.2, -0.15) is 4.68 Å². The average Bonchev–Trinajstić information content (AvgIpc) is 3.56. The zero-order chi connectivity index (χ0) is 32.0. The molecule has 0 saturated carbocycles. The second-order valence-electron chi connectivity index (χ2n) is 9.42. The first kappa shape index (κ1) is 32.4. The molecule has 4 rings (SSSR count). The second kappa shape index (κ2) is 16.3. The maximum absolute atomic E-state index is 13.3.